The fraction of sp³-hybridized carbons (Fsp3) is 0.467. The van der Waals surface area contributed by atoms with E-state index in [0.29, 0.717) is 5.92 Å². The highest BCUT2D eigenvalue weighted by molar-refractivity contribution is 5.59. The Balaban J connectivity index is 3.02. The van der Waals surface area contributed by atoms with Crippen molar-refractivity contribution in [3.05, 3.63) is 35.4 Å². The number of rotatable bonds is 5. The number of hydrogen-bond donors (Lipinski definition) is 1. The van der Waals surface area contributed by atoms with E-state index in [0.717, 1.165) is 11.3 Å². The Morgan fingerprint density at radius 2 is 2.00 bits per heavy atom. The molecule has 1 rings (SSSR count). The number of benzene rings is 1. The largest absolute Gasteiger partial charge is 0.496 e. The number of ether oxygens (including phenoxy) is 1. The molecular formula is C15H22O2. The Morgan fingerprint density at radius 3 is 2.53 bits per heavy atom. The third kappa shape index (κ3) is 3.90. The monoisotopic (exact) mass is 234 g/mol. The SMILES string of the molecule is COc1ccc(C(C)C)cc1/C=C/[C@@H](C)CO. The maximum Gasteiger partial charge on any atom is 0.126 e. The van der Waals surface area contributed by atoms with Crippen molar-refractivity contribution in [2.24, 2.45) is 5.92 Å². The van der Waals surface area contributed by atoms with E-state index in [4.69, 9.17) is 9.84 Å². The predicted molar refractivity (Wildman–Crippen MR) is 72.4 cm³/mol. The van der Waals surface area contributed by atoms with Gasteiger partial charge in [-0.3, -0.25) is 0 Å². The van der Waals surface area contributed by atoms with Gasteiger partial charge in [0, 0.05) is 12.2 Å². The summed E-state index contributed by atoms with van der Waals surface area (Å²) in [5.41, 5.74) is 2.36. The first kappa shape index (κ1) is 13.8. The van der Waals surface area contributed by atoms with Crippen LogP contribution in [0.4, 0.5) is 0 Å². The van der Waals surface area contributed by atoms with Crippen LogP contribution in [-0.4, -0.2) is 18.8 Å². The lowest BCUT2D eigenvalue weighted by Gasteiger charge is -2.10. The first-order chi connectivity index (χ1) is 8.08. The quantitative estimate of drug-likeness (QED) is 0.845. The van der Waals surface area contributed by atoms with E-state index in [1.54, 1.807) is 7.11 Å². The molecule has 0 fully saturated rings. The summed E-state index contributed by atoms with van der Waals surface area (Å²) in [6.45, 7) is 6.50. The van der Waals surface area contributed by atoms with Gasteiger partial charge in [-0.05, 0) is 29.5 Å². The van der Waals surface area contributed by atoms with E-state index in [-0.39, 0.29) is 12.5 Å². The van der Waals surface area contributed by atoms with Crippen LogP contribution in [0.2, 0.25) is 0 Å². The van der Waals surface area contributed by atoms with Crippen LogP contribution >= 0.6 is 0 Å². The van der Waals surface area contributed by atoms with Gasteiger partial charge in [0.15, 0.2) is 0 Å². The van der Waals surface area contributed by atoms with Crippen LogP contribution in [0.5, 0.6) is 5.75 Å². The third-order valence-corrected chi connectivity index (χ3v) is 2.81. The molecule has 2 heteroatoms. The molecule has 0 heterocycles. The summed E-state index contributed by atoms with van der Waals surface area (Å²) >= 11 is 0. The van der Waals surface area contributed by atoms with E-state index in [1.807, 2.05) is 25.1 Å². The lowest BCUT2D eigenvalue weighted by atomic mass is 9.99. The molecule has 0 saturated heterocycles. The second kappa shape index (κ2) is 6.45. The second-order valence-electron chi connectivity index (χ2n) is 4.68. The highest BCUT2D eigenvalue weighted by Crippen LogP contribution is 2.25. The van der Waals surface area contributed by atoms with Crippen molar-refractivity contribution in [1.29, 1.82) is 0 Å². The van der Waals surface area contributed by atoms with Gasteiger partial charge in [0.05, 0.1) is 7.11 Å². The summed E-state index contributed by atoms with van der Waals surface area (Å²) < 4.78 is 5.33. The molecule has 17 heavy (non-hydrogen) atoms. The van der Waals surface area contributed by atoms with Crippen LogP contribution in [-0.2, 0) is 0 Å². The summed E-state index contributed by atoms with van der Waals surface area (Å²) in [6.07, 6.45) is 4.02. The van der Waals surface area contributed by atoms with Gasteiger partial charge in [-0.25, -0.2) is 0 Å². The molecule has 2 nitrogen and oxygen atoms in total. The molecule has 1 aromatic carbocycles. The lowest BCUT2D eigenvalue weighted by molar-refractivity contribution is 0.262. The summed E-state index contributed by atoms with van der Waals surface area (Å²) in [6, 6.07) is 6.24. The van der Waals surface area contributed by atoms with E-state index in [9.17, 15) is 0 Å². The normalized spacial score (nSPS) is 13.3. The molecule has 0 amide bonds. The van der Waals surface area contributed by atoms with Gasteiger partial charge in [-0.1, -0.05) is 39.0 Å². The molecule has 0 unspecified atom stereocenters. The Labute approximate surface area is 104 Å². The number of aliphatic hydroxyl groups is 1. The van der Waals surface area contributed by atoms with E-state index in [2.05, 4.69) is 26.0 Å². The Hall–Kier alpha value is -1.28. The molecule has 0 radical (unpaired) electrons. The van der Waals surface area contributed by atoms with Crippen LogP contribution < -0.4 is 4.74 Å². The first-order valence-corrected chi connectivity index (χ1v) is 6.05. The number of aliphatic hydroxyl groups excluding tert-OH is 1. The molecule has 0 aromatic heterocycles. The van der Waals surface area contributed by atoms with Crippen LogP contribution in [0.25, 0.3) is 6.08 Å². The fourth-order valence-corrected chi connectivity index (χ4v) is 1.57. The molecule has 0 aliphatic heterocycles. The van der Waals surface area contributed by atoms with Crippen molar-refractivity contribution in [2.75, 3.05) is 13.7 Å². The second-order valence-corrected chi connectivity index (χ2v) is 4.68. The van der Waals surface area contributed by atoms with Crippen molar-refractivity contribution in [3.8, 4) is 5.75 Å². The van der Waals surface area contributed by atoms with Crippen molar-refractivity contribution >= 4 is 6.08 Å². The standard InChI is InChI=1S/C15H22O2/c1-11(2)13-7-8-15(17-4)14(9-13)6-5-12(3)10-16/h5-9,11-12,16H,10H2,1-4H3/b6-5+/t12-/m1/s1. The molecule has 1 atom stereocenters. The van der Waals surface area contributed by atoms with Crippen molar-refractivity contribution in [3.63, 3.8) is 0 Å². The zero-order valence-electron chi connectivity index (χ0n) is 11.1. The zero-order chi connectivity index (χ0) is 12.8. The molecule has 0 aliphatic carbocycles. The van der Waals surface area contributed by atoms with Crippen molar-refractivity contribution < 1.29 is 9.84 Å². The molecule has 0 bridgehead atoms. The lowest BCUT2D eigenvalue weighted by Crippen LogP contribution is -1.96. The summed E-state index contributed by atoms with van der Waals surface area (Å²) in [4.78, 5) is 0. The Kier molecular flexibility index (Phi) is 5.23. The van der Waals surface area contributed by atoms with Gasteiger partial charge < -0.3 is 9.84 Å². The highest BCUT2D eigenvalue weighted by Gasteiger charge is 2.05. The van der Waals surface area contributed by atoms with Gasteiger partial charge in [-0.2, -0.15) is 0 Å². The Morgan fingerprint density at radius 1 is 1.29 bits per heavy atom. The van der Waals surface area contributed by atoms with Crippen LogP contribution in [0.15, 0.2) is 24.3 Å². The summed E-state index contributed by atoms with van der Waals surface area (Å²) in [5.74, 6) is 1.54. The third-order valence-electron chi connectivity index (χ3n) is 2.81. The number of hydrogen-bond acceptors (Lipinski definition) is 2. The van der Waals surface area contributed by atoms with Gasteiger partial charge in [0.1, 0.15) is 5.75 Å². The fourth-order valence-electron chi connectivity index (χ4n) is 1.57. The van der Waals surface area contributed by atoms with Crippen molar-refractivity contribution in [2.45, 2.75) is 26.7 Å². The molecule has 1 N–H and O–H groups in total. The zero-order valence-corrected chi connectivity index (χ0v) is 11.1. The molecular weight excluding hydrogens is 212 g/mol. The summed E-state index contributed by atoms with van der Waals surface area (Å²) in [5, 5.41) is 9.00. The topological polar surface area (TPSA) is 29.5 Å². The molecule has 1 aromatic rings. The minimum absolute atomic E-state index is 0.169. The molecule has 0 saturated carbocycles. The molecule has 0 spiro atoms. The predicted octanol–water partition coefficient (Wildman–Crippen LogP) is 3.46. The first-order valence-electron chi connectivity index (χ1n) is 6.05. The van der Waals surface area contributed by atoms with Crippen LogP contribution in [0, 0.1) is 5.92 Å². The van der Waals surface area contributed by atoms with Gasteiger partial charge >= 0.3 is 0 Å². The van der Waals surface area contributed by atoms with Gasteiger partial charge in [-0.15, -0.1) is 0 Å². The van der Waals surface area contributed by atoms with Crippen LogP contribution in [0.1, 0.15) is 37.8 Å². The minimum Gasteiger partial charge on any atom is -0.496 e. The van der Waals surface area contributed by atoms with E-state index < -0.39 is 0 Å². The highest BCUT2D eigenvalue weighted by atomic mass is 16.5. The molecule has 0 aliphatic rings. The molecule has 94 valence electrons. The van der Waals surface area contributed by atoms with E-state index in [1.165, 1.54) is 5.56 Å². The minimum atomic E-state index is 0.169. The maximum atomic E-state index is 9.00. The average Bonchev–Trinajstić information content (AvgIpc) is 2.35. The van der Waals surface area contributed by atoms with E-state index >= 15 is 0 Å². The van der Waals surface area contributed by atoms with Gasteiger partial charge in [0.2, 0.25) is 0 Å². The van der Waals surface area contributed by atoms with Gasteiger partial charge in [0.25, 0.3) is 0 Å². The average molecular weight is 234 g/mol. The van der Waals surface area contributed by atoms with Crippen molar-refractivity contribution in [1.82, 2.24) is 0 Å². The Bertz CT molecular complexity index is 381. The maximum absolute atomic E-state index is 9.00. The smallest absolute Gasteiger partial charge is 0.126 e. The number of methoxy groups -OCH3 is 1. The summed E-state index contributed by atoms with van der Waals surface area (Å²) in [7, 11) is 1.68. The van der Waals surface area contributed by atoms with Crippen LogP contribution in [0.3, 0.4) is 0 Å².